The Labute approximate surface area is 160 Å². The number of rotatable bonds is 2. The summed E-state index contributed by atoms with van der Waals surface area (Å²) >= 11 is 3.40. The molecule has 2 aromatic rings. The van der Waals surface area contributed by atoms with E-state index in [0.717, 1.165) is 54.1 Å². The van der Waals surface area contributed by atoms with Crippen LogP contribution in [0.3, 0.4) is 0 Å². The van der Waals surface area contributed by atoms with Gasteiger partial charge < -0.3 is 15.1 Å². The summed E-state index contributed by atoms with van der Waals surface area (Å²) in [7, 11) is 0. The number of carbonyl (C=O) groups is 1. The molecule has 1 amide bonds. The van der Waals surface area contributed by atoms with Gasteiger partial charge in [-0.2, -0.15) is 5.10 Å². The van der Waals surface area contributed by atoms with Gasteiger partial charge in [-0.25, -0.2) is 4.98 Å². The largest absolute Gasteiger partial charge is 0.353 e. The lowest BCUT2D eigenvalue weighted by Crippen LogP contribution is -2.49. The van der Waals surface area contributed by atoms with Crippen LogP contribution in [0.4, 0.5) is 5.82 Å². The molecule has 134 valence electrons. The lowest BCUT2D eigenvalue weighted by atomic mass is 10.1. The highest BCUT2D eigenvalue weighted by Crippen LogP contribution is 2.20. The first-order chi connectivity index (χ1) is 11.7. The second kappa shape index (κ2) is 7.72. The zero-order valence-electron chi connectivity index (χ0n) is 13.7. The molecule has 9 heteroatoms. The summed E-state index contributed by atoms with van der Waals surface area (Å²) in [5, 5.41) is 10.6. The third-order valence-corrected chi connectivity index (χ3v) is 5.08. The maximum Gasteiger partial charge on any atom is 0.274 e. The minimum atomic E-state index is 0. The molecule has 0 radical (unpaired) electrons. The molecule has 25 heavy (non-hydrogen) atoms. The van der Waals surface area contributed by atoms with Crippen molar-refractivity contribution < 1.29 is 4.79 Å². The summed E-state index contributed by atoms with van der Waals surface area (Å²) in [6.45, 7) is 4.59. The molecule has 4 rings (SSSR count). The van der Waals surface area contributed by atoms with Crippen LogP contribution in [-0.2, 0) is 13.0 Å². The Balaban J connectivity index is 0.00000182. The fourth-order valence-corrected chi connectivity index (χ4v) is 3.48. The Morgan fingerprint density at radius 1 is 1.20 bits per heavy atom. The van der Waals surface area contributed by atoms with Crippen LogP contribution in [-0.4, -0.2) is 58.7 Å². The van der Waals surface area contributed by atoms with Crippen molar-refractivity contribution in [3.8, 4) is 0 Å². The fourth-order valence-electron chi connectivity index (χ4n) is 3.25. The van der Waals surface area contributed by atoms with E-state index >= 15 is 0 Å². The van der Waals surface area contributed by atoms with Crippen molar-refractivity contribution in [3.63, 3.8) is 0 Å². The number of aromatic amines is 1. The van der Waals surface area contributed by atoms with Crippen molar-refractivity contribution in [2.75, 3.05) is 37.6 Å². The molecule has 0 aromatic carbocycles. The Morgan fingerprint density at radius 2 is 2.00 bits per heavy atom. The number of anilines is 1. The highest BCUT2D eigenvalue weighted by Gasteiger charge is 2.28. The quantitative estimate of drug-likeness (QED) is 0.761. The van der Waals surface area contributed by atoms with Gasteiger partial charge in [-0.15, -0.1) is 12.4 Å². The summed E-state index contributed by atoms with van der Waals surface area (Å²) in [5.41, 5.74) is 2.70. The first-order valence-electron chi connectivity index (χ1n) is 8.15. The number of H-pyrrole nitrogens is 1. The Kier molecular flexibility index (Phi) is 5.61. The van der Waals surface area contributed by atoms with E-state index in [-0.39, 0.29) is 18.3 Å². The Hall–Kier alpha value is -1.64. The van der Waals surface area contributed by atoms with E-state index in [0.29, 0.717) is 18.8 Å². The number of pyridine rings is 1. The molecule has 4 heterocycles. The molecule has 2 N–H and O–H groups in total. The van der Waals surface area contributed by atoms with E-state index in [9.17, 15) is 4.79 Å². The van der Waals surface area contributed by atoms with Crippen molar-refractivity contribution in [2.24, 2.45) is 0 Å². The lowest BCUT2D eigenvalue weighted by Gasteiger charge is -2.35. The monoisotopic (exact) mass is 426 g/mol. The molecular formula is C16H20BrClN6O. The van der Waals surface area contributed by atoms with Gasteiger partial charge in [0.25, 0.3) is 5.91 Å². The number of amides is 1. The second-order valence-electron chi connectivity index (χ2n) is 6.07. The van der Waals surface area contributed by atoms with Crippen LogP contribution < -0.4 is 10.2 Å². The van der Waals surface area contributed by atoms with Crippen LogP contribution in [0, 0.1) is 0 Å². The summed E-state index contributed by atoms with van der Waals surface area (Å²) in [5.74, 6) is 0.978. The highest BCUT2D eigenvalue weighted by molar-refractivity contribution is 9.10. The van der Waals surface area contributed by atoms with Crippen molar-refractivity contribution >= 4 is 40.1 Å². The fraction of sp³-hybridized carbons (Fsp3) is 0.438. The average Bonchev–Trinajstić information content (AvgIpc) is 3.06. The molecule has 0 spiro atoms. The summed E-state index contributed by atoms with van der Waals surface area (Å²) in [6.07, 6.45) is 2.70. The van der Waals surface area contributed by atoms with Gasteiger partial charge in [-0.05, 0) is 28.1 Å². The van der Waals surface area contributed by atoms with Gasteiger partial charge in [0.15, 0.2) is 5.69 Å². The SMILES string of the molecule is Cl.O=C(c1n[nH]c2c1CNCC2)N1CCN(c2ccc(Br)cn2)CC1. The van der Waals surface area contributed by atoms with Crippen molar-refractivity contribution in [1.82, 2.24) is 25.4 Å². The molecule has 2 aliphatic heterocycles. The zero-order valence-corrected chi connectivity index (χ0v) is 16.1. The molecule has 1 fully saturated rings. The van der Waals surface area contributed by atoms with Crippen LogP contribution >= 0.6 is 28.3 Å². The van der Waals surface area contributed by atoms with Crippen molar-refractivity contribution in [2.45, 2.75) is 13.0 Å². The number of aromatic nitrogens is 3. The van der Waals surface area contributed by atoms with Crippen molar-refractivity contribution in [3.05, 3.63) is 39.8 Å². The van der Waals surface area contributed by atoms with Crippen LogP contribution in [0.2, 0.25) is 0 Å². The second-order valence-corrected chi connectivity index (χ2v) is 6.99. The number of nitrogens with zero attached hydrogens (tertiary/aromatic N) is 4. The number of nitrogens with one attached hydrogen (secondary N) is 2. The van der Waals surface area contributed by atoms with E-state index in [1.54, 1.807) is 6.20 Å². The first kappa shape index (κ1) is 18.2. The van der Waals surface area contributed by atoms with Gasteiger partial charge >= 0.3 is 0 Å². The predicted octanol–water partition coefficient (Wildman–Crippen LogP) is 1.60. The summed E-state index contributed by atoms with van der Waals surface area (Å²) in [6, 6.07) is 3.99. The van der Waals surface area contributed by atoms with Gasteiger partial charge in [0, 0.05) is 67.6 Å². The Bertz CT molecular complexity index is 742. The van der Waals surface area contributed by atoms with Crippen molar-refractivity contribution in [1.29, 1.82) is 0 Å². The average molecular weight is 428 g/mol. The molecule has 0 bridgehead atoms. The van der Waals surface area contributed by atoms with Gasteiger partial charge in [0.1, 0.15) is 5.82 Å². The van der Waals surface area contributed by atoms with Gasteiger partial charge in [-0.3, -0.25) is 9.89 Å². The van der Waals surface area contributed by atoms with Crippen LogP contribution in [0.5, 0.6) is 0 Å². The molecule has 7 nitrogen and oxygen atoms in total. The highest BCUT2D eigenvalue weighted by atomic mass is 79.9. The maximum absolute atomic E-state index is 12.8. The number of hydrogen-bond acceptors (Lipinski definition) is 5. The zero-order chi connectivity index (χ0) is 16.5. The standard InChI is InChI=1S/C16H19BrN6O.ClH/c17-11-1-2-14(19-9-11)22-5-7-23(8-6-22)16(24)15-12-10-18-4-3-13(12)20-21-15;/h1-2,9,18H,3-8,10H2,(H,20,21);1H. The lowest BCUT2D eigenvalue weighted by molar-refractivity contribution is 0.0739. The summed E-state index contributed by atoms with van der Waals surface area (Å²) < 4.78 is 0.969. The van der Waals surface area contributed by atoms with E-state index in [1.165, 1.54) is 0 Å². The summed E-state index contributed by atoms with van der Waals surface area (Å²) in [4.78, 5) is 21.3. The number of hydrogen-bond donors (Lipinski definition) is 2. The number of halogens is 2. The first-order valence-corrected chi connectivity index (χ1v) is 8.94. The number of fused-ring (bicyclic) bond motifs is 1. The molecule has 0 unspecified atom stereocenters. The minimum absolute atomic E-state index is 0. The third-order valence-electron chi connectivity index (χ3n) is 4.61. The molecule has 0 saturated carbocycles. The minimum Gasteiger partial charge on any atom is -0.353 e. The molecule has 2 aromatic heterocycles. The van der Waals surface area contributed by atoms with E-state index in [2.05, 4.69) is 41.3 Å². The van der Waals surface area contributed by atoms with Gasteiger partial charge in [-0.1, -0.05) is 0 Å². The molecule has 2 aliphatic rings. The van der Waals surface area contributed by atoms with E-state index in [1.807, 2.05) is 17.0 Å². The molecule has 1 saturated heterocycles. The van der Waals surface area contributed by atoms with E-state index < -0.39 is 0 Å². The van der Waals surface area contributed by atoms with Crippen LogP contribution in [0.25, 0.3) is 0 Å². The predicted molar refractivity (Wildman–Crippen MR) is 101 cm³/mol. The number of carbonyl (C=O) groups excluding carboxylic acids is 1. The van der Waals surface area contributed by atoms with E-state index in [4.69, 9.17) is 0 Å². The molecule has 0 atom stereocenters. The molecular weight excluding hydrogens is 408 g/mol. The third kappa shape index (κ3) is 3.65. The number of piperazine rings is 1. The van der Waals surface area contributed by atoms with Crippen LogP contribution in [0.15, 0.2) is 22.8 Å². The Morgan fingerprint density at radius 3 is 2.72 bits per heavy atom. The topological polar surface area (TPSA) is 77.2 Å². The smallest absolute Gasteiger partial charge is 0.274 e. The normalized spacial score (nSPS) is 17.0. The maximum atomic E-state index is 12.8. The molecule has 0 aliphatic carbocycles. The van der Waals surface area contributed by atoms with Gasteiger partial charge in [0.2, 0.25) is 0 Å². The van der Waals surface area contributed by atoms with Gasteiger partial charge in [0.05, 0.1) is 0 Å². The van der Waals surface area contributed by atoms with Crippen LogP contribution in [0.1, 0.15) is 21.7 Å².